The van der Waals surface area contributed by atoms with E-state index in [-0.39, 0.29) is 17.6 Å². The van der Waals surface area contributed by atoms with Gasteiger partial charge in [0.05, 0.1) is 6.04 Å². The Morgan fingerprint density at radius 1 is 1.07 bits per heavy atom. The van der Waals surface area contributed by atoms with Crippen molar-refractivity contribution in [2.24, 2.45) is 0 Å². The number of fused-ring (bicyclic) bond motifs is 1. The standard InChI is InChI=1S/C24H29N3O2S/c1-24(2)16-20(19-8-4-5-9-21(19)29-24)26-23(30)25-18-12-10-17(11-13-18)22(28)27-14-6-3-7-15-27/h4-5,8-13,20H,3,6-7,14-16H2,1-2H3,(H2,25,26,30). The van der Waals surface area contributed by atoms with Crippen molar-refractivity contribution in [3.63, 3.8) is 0 Å². The van der Waals surface area contributed by atoms with E-state index in [0.29, 0.717) is 5.11 Å². The normalized spacial score (nSPS) is 19.9. The van der Waals surface area contributed by atoms with Crippen molar-refractivity contribution in [2.45, 2.75) is 51.2 Å². The number of thiocarbonyl (C=S) groups is 1. The molecule has 2 aromatic rings. The minimum atomic E-state index is -0.266. The molecule has 1 saturated heterocycles. The number of likely N-dealkylation sites (tertiary alicyclic amines) is 1. The van der Waals surface area contributed by atoms with E-state index in [0.717, 1.165) is 54.9 Å². The van der Waals surface area contributed by atoms with Crippen LogP contribution in [0.15, 0.2) is 48.5 Å². The van der Waals surface area contributed by atoms with Gasteiger partial charge in [-0.3, -0.25) is 4.79 Å². The highest BCUT2D eigenvalue weighted by Gasteiger charge is 2.33. The molecule has 2 aromatic carbocycles. The molecule has 158 valence electrons. The average Bonchev–Trinajstić information content (AvgIpc) is 2.73. The fourth-order valence-electron chi connectivity index (χ4n) is 4.23. The highest BCUT2D eigenvalue weighted by molar-refractivity contribution is 7.80. The van der Waals surface area contributed by atoms with Crippen LogP contribution >= 0.6 is 12.2 Å². The summed E-state index contributed by atoms with van der Waals surface area (Å²) < 4.78 is 6.10. The van der Waals surface area contributed by atoms with Crippen LogP contribution in [0.5, 0.6) is 5.75 Å². The number of nitrogens with one attached hydrogen (secondary N) is 2. The SMILES string of the molecule is CC1(C)CC(NC(=S)Nc2ccc(C(=O)N3CCCCC3)cc2)c2ccccc2O1. The van der Waals surface area contributed by atoms with E-state index < -0.39 is 0 Å². The van der Waals surface area contributed by atoms with E-state index >= 15 is 0 Å². The summed E-state index contributed by atoms with van der Waals surface area (Å²) in [6, 6.07) is 15.7. The number of hydrogen-bond donors (Lipinski definition) is 2. The van der Waals surface area contributed by atoms with Crippen molar-refractivity contribution >= 4 is 28.9 Å². The summed E-state index contributed by atoms with van der Waals surface area (Å²) in [5, 5.41) is 7.24. The lowest BCUT2D eigenvalue weighted by atomic mass is 9.90. The molecule has 0 bridgehead atoms. The highest BCUT2D eigenvalue weighted by atomic mass is 32.1. The number of benzene rings is 2. The molecule has 4 rings (SSSR count). The Morgan fingerprint density at radius 2 is 1.77 bits per heavy atom. The Morgan fingerprint density at radius 3 is 2.50 bits per heavy atom. The summed E-state index contributed by atoms with van der Waals surface area (Å²) in [5.41, 5.74) is 2.44. The Balaban J connectivity index is 1.39. The average molecular weight is 424 g/mol. The van der Waals surface area contributed by atoms with Gasteiger partial charge in [-0.25, -0.2) is 0 Å². The number of anilines is 1. The molecule has 6 heteroatoms. The molecule has 1 atom stereocenters. The quantitative estimate of drug-likeness (QED) is 0.688. The van der Waals surface area contributed by atoms with E-state index in [9.17, 15) is 4.79 Å². The number of carbonyl (C=O) groups is 1. The smallest absolute Gasteiger partial charge is 0.253 e. The number of para-hydroxylation sites is 1. The first-order valence-electron chi connectivity index (χ1n) is 10.7. The maximum atomic E-state index is 12.6. The number of rotatable bonds is 3. The number of hydrogen-bond acceptors (Lipinski definition) is 3. The maximum Gasteiger partial charge on any atom is 0.253 e. The van der Waals surface area contributed by atoms with Gasteiger partial charge >= 0.3 is 0 Å². The van der Waals surface area contributed by atoms with Gasteiger partial charge in [0, 0.05) is 36.3 Å². The van der Waals surface area contributed by atoms with E-state index in [1.165, 1.54) is 6.42 Å². The molecular weight excluding hydrogens is 394 g/mol. The van der Waals surface area contributed by atoms with Crippen LogP contribution in [0.3, 0.4) is 0 Å². The van der Waals surface area contributed by atoms with Crippen molar-refractivity contribution < 1.29 is 9.53 Å². The predicted molar refractivity (Wildman–Crippen MR) is 124 cm³/mol. The predicted octanol–water partition coefficient (Wildman–Crippen LogP) is 4.90. The van der Waals surface area contributed by atoms with Crippen molar-refractivity contribution in [2.75, 3.05) is 18.4 Å². The molecule has 5 nitrogen and oxygen atoms in total. The Hall–Kier alpha value is -2.60. The molecular formula is C24H29N3O2S. The topological polar surface area (TPSA) is 53.6 Å². The summed E-state index contributed by atoms with van der Waals surface area (Å²) in [5.74, 6) is 1.01. The van der Waals surface area contributed by atoms with Gasteiger partial charge < -0.3 is 20.3 Å². The summed E-state index contributed by atoms with van der Waals surface area (Å²) in [4.78, 5) is 14.6. The minimum absolute atomic E-state index is 0.0740. The second kappa shape index (κ2) is 8.64. The van der Waals surface area contributed by atoms with Gasteiger partial charge in [-0.15, -0.1) is 0 Å². The first-order chi connectivity index (χ1) is 14.4. The number of ether oxygens (including phenoxy) is 1. The first kappa shape index (κ1) is 20.7. The molecule has 0 aromatic heterocycles. The van der Waals surface area contributed by atoms with Crippen molar-refractivity contribution in [3.05, 3.63) is 59.7 Å². The third kappa shape index (κ3) is 4.75. The number of amides is 1. The highest BCUT2D eigenvalue weighted by Crippen LogP contribution is 2.39. The molecule has 1 unspecified atom stereocenters. The fourth-order valence-corrected chi connectivity index (χ4v) is 4.49. The maximum absolute atomic E-state index is 12.6. The number of nitrogens with zero attached hydrogens (tertiary/aromatic N) is 1. The lowest BCUT2D eigenvalue weighted by Gasteiger charge is -2.38. The van der Waals surface area contributed by atoms with Gasteiger partial charge in [0.15, 0.2) is 5.11 Å². The Kier molecular flexibility index (Phi) is 5.95. The molecule has 0 radical (unpaired) electrons. The van der Waals surface area contributed by atoms with Crippen molar-refractivity contribution in [1.29, 1.82) is 0 Å². The molecule has 30 heavy (non-hydrogen) atoms. The molecule has 2 aliphatic rings. The summed E-state index contributed by atoms with van der Waals surface area (Å²) >= 11 is 5.57. The zero-order chi connectivity index (χ0) is 21.1. The Labute approximate surface area is 183 Å². The van der Waals surface area contributed by atoms with Gasteiger partial charge in [0.25, 0.3) is 5.91 Å². The molecule has 0 saturated carbocycles. The third-order valence-corrected chi connectivity index (χ3v) is 5.93. The first-order valence-corrected chi connectivity index (χ1v) is 11.1. The minimum Gasteiger partial charge on any atom is -0.487 e. The molecule has 1 amide bonds. The third-order valence-electron chi connectivity index (χ3n) is 5.71. The van der Waals surface area contributed by atoms with Crippen LogP contribution < -0.4 is 15.4 Å². The van der Waals surface area contributed by atoms with Gasteiger partial charge in [0.1, 0.15) is 11.4 Å². The van der Waals surface area contributed by atoms with Crippen LogP contribution in [-0.4, -0.2) is 34.6 Å². The fraction of sp³-hybridized carbons (Fsp3) is 0.417. The van der Waals surface area contributed by atoms with Gasteiger partial charge in [0.2, 0.25) is 0 Å². The van der Waals surface area contributed by atoms with E-state index in [1.54, 1.807) is 0 Å². The number of piperidine rings is 1. The van der Waals surface area contributed by atoms with Crippen LogP contribution in [-0.2, 0) is 0 Å². The van der Waals surface area contributed by atoms with Gasteiger partial charge in [-0.1, -0.05) is 18.2 Å². The molecule has 2 aliphatic heterocycles. The molecule has 2 N–H and O–H groups in total. The lowest BCUT2D eigenvalue weighted by Crippen LogP contribution is -2.42. The second-order valence-corrected chi connectivity index (χ2v) is 9.09. The van der Waals surface area contributed by atoms with Gasteiger partial charge in [-0.05, 0) is 75.7 Å². The van der Waals surface area contributed by atoms with E-state index in [2.05, 4.69) is 30.5 Å². The van der Waals surface area contributed by atoms with Crippen molar-refractivity contribution in [1.82, 2.24) is 10.2 Å². The van der Waals surface area contributed by atoms with E-state index in [1.807, 2.05) is 47.4 Å². The summed E-state index contributed by atoms with van der Waals surface area (Å²) in [6.07, 6.45) is 4.22. The van der Waals surface area contributed by atoms with E-state index in [4.69, 9.17) is 17.0 Å². The van der Waals surface area contributed by atoms with Crippen LogP contribution in [0.1, 0.15) is 61.5 Å². The molecule has 2 heterocycles. The largest absolute Gasteiger partial charge is 0.487 e. The van der Waals surface area contributed by atoms with Crippen LogP contribution in [0, 0.1) is 0 Å². The Bertz CT molecular complexity index is 920. The zero-order valence-electron chi connectivity index (χ0n) is 17.6. The number of carbonyl (C=O) groups excluding carboxylic acids is 1. The van der Waals surface area contributed by atoms with Crippen LogP contribution in [0.25, 0.3) is 0 Å². The lowest BCUT2D eigenvalue weighted by molar-refractivity contribution is 0.0696. The van der Waals surface area contributed by atoms with Crippen LogP contribution in [0.2, 0.25) is 0 Å². The van der Waals surface area contributed by atoms with Gasteiger partial charge in [-0.2, -0.15) is 0 Å². The monoisotopic (exact) mass is 423 g/mol. The van der Waals surface area contributed by atoms with Crippen LogP contribution in [0.4, 0.5) is 5.69 Å². The molecule has 1 fully saturated rings. The summed E-state index contributed by atoms with van der Waals surface area (Å²) in [6.45, 7) is 5.89. The zero-order valence-corrected chi connectivity index (χ0v) is 18.4. The van der Waals surface area contributed by atoms with Crippen molar-refractivity contribution in [3.8, 4) is 5.75 Å². The molecule has 0 spiro atoms. The molecule has 0 aliphatic carbocycles. The second-order valence-electron chi connectivity index (χ2n) is 8.68. The summed E-state index contributed by atoms with van der Waals surface area (Å²) in [7, 11) is 0.